The molecular formula is C33H65NO6S. The van der Waals surface area contributed by atoms with E-state index in [0.29, 0.717) is 19.3 Å². The van der Waals surface area contributed by atoms with Crippen LogP contribution in [0.15, 0.2) is 12.2 Å². The first-order chi connectivity index (χ1) is 19.7. The lowest BCUT2D eigenvalue weighted by atomic mass is 10.0. The molecule has 0 rings (SSSR count). The highest BCUT2D eigenvalue weighted by molar-refractivity contribution is 7.85. The van der Waals surface area contributed by atoms with Crippen LogP contribution in [0.5, 0.6) is 0 Å². The highest BCUT2D eigenvalue weighted by Crippen LogP contribution is 2.15. The predicted molar refractivity (Wildman–Crippen MR) is 172 cm³/mol. The van der Waals surface area contributed by atoms with Crippen LogP contribution in [-0.2, 0) is 14.9 Å². The Balaban J connectivity index is 4.13. The molecule has 0 radical (unpaired) electrons. The van der Waals surface area contributed by atoms with Gasteiger partial charge in [0.05, 0.1) is 17.9 Å². The number of nitrogens with one attached hydrogen (secondary N) is 1. The summed E-state index contributed by atoms with van der Waals surface area (Å²) in [6.45, 7) is 4.44. The summed E-state index contributed by atoms with van der Waals surface area (Å²) in [6, 6.07) is -1.14. The van der Waals surface area contributed by atoms with Gasteiger partial charge < -0.3 is 15.5 Å². The van der Waals surface area contributed by atoms with E-state index in [-0.39, 0.29) is 6.42 Å². The van der Waals surface area contributed by atoms with Crippen LogP contribution in [-0.4, -0.2) is 53.1 Å². The summed E-state index contributed by atoms with van der Waals surface area (Å²) >= 11 is 0. The first-order valence-electron chi connectivity index (χ1n) is 17.0. The number of aliphatic hydroxyl groups is 2. The maximum atomic E-state index is 12.5. The van der Waals surface area contributed by atoms with E-state index in [1.54, 1.807) is 0 Å². The lowest BCUT2D eigenvalue weighted by molar-refractivity contribution is -0.131. The molecule has 0 spiro atoms. The fraction of sp³-hybridized carbons (Fsp3) is 0.909. The van der Waals surface area contributed by atoms with Crippen molar-refractivity contribution in [2.75, 3.05) is 5.75 Å². The fourth-order valence-electron chi connectivity index (χ4n) is 5.16. The van der Waals surface area contributed by atoms with Crippen molar-refractivity contribution < 1.29 is 28.0 Å². The van der Waals surface area contributed by atoms with Crippen molar-refractivity contribution in [1.29, 1.82) is 0 Å². The number of hydrogen-bond donors (Lipinski definition) is 4. The lowest BCUT2D eigenvalue weighted by Gasteiger charge is -2.24. The molecule has 41 heavy (non-hydrogen) atoms. The second-order valence-corrected chi connectivity index (χ2v) is 13.4. The van der Waals surface area contributed by atoms with E-state index in [9.17, 15) is 28.0 Å². The van der Waals surface area contributed by atoms with E-state index < -0.39 is 40.0 Å². The smallest absolute Gasteiger partial charge is 0.266 e. The van der Waals surface area contributed by atoms with Gasteiger partial charge in [-0.25, -0.2) is 0 Å². The van der Waals surface area contributed by atoms with Crippen LogP contribution in [0.1, 0.15) is 168 Å². The zero-order valence-electron chi connectivity index (χ0n) is 26.5. The molecule has 3 unspecified atom stereocenters. The van der Waals surface area contributed by atoms with Gasteiger partial charge in [0.2, 0.25) is 5.91 Å². The Bertz CT molecular complexity index is 727. The summed E-state index contributed by atoms with van der Waals surface area (Å²) in [5.74, 6) is -1.46. The molecule has 0 fully saturated rings. The minimum absolute atomic E-state index is 0.284. The van der Waals surface area contributed by atoms with Crippen LogP contribution >= 0.6 is 0 Å². The Morgan fingerprint density at radius 1 is 0.634 bits per heavy atom. The van der Waals surface area contributed by atoms with Gasteiger partial charge in [0.25, 0.3) is 10.1 Å². The Morgan fingerprint density at radius 2 is 1.02 bits per heavy atom. The summed E-state index contributed by atoms with van der Waals surface area (Å²) in [6.07, 6.45) is 28.0. The molecule has 0 saturated heterocycles. The van der Waals surface area contributed by atoms with Gasteiger partial charge in [0.15, 0.2) is 0 Å². The second-order valence-electron chi connectivity index (χ2n) is 11.9. The number of hydrogen-bond acceptors (Lipinski definition) is 5. The Labute approximate surface area is 253 Å². The first-order valence-corrected chi connectivity index (χ1v) is 18.6. The number of aliphatic hydroxyl groups excluding tert-OH is 2. The van der Waals surface area contributed by atoms with Crippen LogP contribution in [0.2, 0.25) is 0 Å². The van der Waals surface area contributed by atoms with Crippen LogP contribution in [0.4, 0.5) is 0 Å². The molecule has 1 amide bonds. The normalized spacial score (nSPS) is 14.4. The summed E-state index contributed by atoms with van der Waals surface area (Å²) in [5.41, 5.74) is 0. The van der Waals surface area contributed by atoms with Gasteiger partial charge in [0.1, 0.15) is 6.10 Å². The summed E-state index contributed by atoms with van der Waals surface area (Å²) in [7, 11) is -4.40. The van der Waals surface area contributed by atoms with Gasteiger partial charge in [-0.05, 0) is 38.5 Å². The van der Waals surface area contributed by atoms with E-state index in [1.807, 2.05) is 0 Å². The van der Waals surface area contributed by atoms with Crippen LogP contribution in [0.3, 0.4) is 0 Å². The van der Waals surface area contributed by atoms with Crippen molar-refractivity contribution in [2.24, 2.45) is 0 Å². The van der Waals surface area contributed by atoms with Crippen molar-refractivity contribution in [2.45, 2.75) is 186 Å². The van der Waals surface area contributed by atoms with Crippen molar-refractivity contribution in [1.82, 2.24) is 5.32 Å². The van der Waals surface area contributed by atoms with Gasteiger partial charge in [-0.3, -0.25) is 9.35 Å². The zero-order chi connectivity index (χ0) is 30.6. The van der Waals surface area contributed by atoms with E-state index >= 15 is 0 Å². The minimum Gasteiger partial charge on any atom is -0.391 e. The molecule has 0 aliphatic carbocycles. The topological polar surface area (TPSA) is 124 Å². The summed E-state index contributed by atoms with van der Waals surface area (Å²) in [4.78, 5) is 12.5. The van der Waals surface area contributed by atoms with E-state index in [1.165, 1.54) is 77.0 Å². The standard InChI is InChI=1S/C33H65NO6S/c1-3-5-7-9-11-13-15-16-18-19-21-23-25-27-31(35)30(29-41(38,39)40)34-33(37)32(36)28-26-24-22-20-17-14-12-10-8-6-4-2/h12,14,30-32,35-36H,3-11,13,15-29H2,1-2H3,(H,34,37)(H,38,39,40)/b14-12-. The average Bonchev–Trinajstić information content (AvgIpc) is 2.92. The van der Waals surface area contributed by atoms with Gasteiger partial charge in [-0.15, -0.1) is 0 Å². The molecule has 0 aliphatic rings. The van der Waals surface area contributed by atoms with Crippen LogP contribution in [0.25, 0.3) is 0 Å². The van der Waals surface area contributed by atoms with Gasteiger partial charge in [-0.2, -0.15) is 8.42 Å². The molecular weight excluding hydrogens is 538 g/mol. The molecule has 7 nitrogen and oxygen atoms in total. The molecule has 0 aliphatic heterocycles. The molecule has 0 aromatic rings. The lowest BCUT2D eigenvalue weighted by Crippen LogP contribution is -2.50. The SMILES string of the molecule is CCCCC/C=C\CCCCCCC(O)C(=O)NC(CS(=O)(=O)O)C(O)CCCCCCCCCCCCCCC. The third-order valence-corrected chi connectivity index (χ3v) is 8.61. The summed E-state index contributed by atoms with van der Waals surface area (Å²) < 4.78 is 32.3. The molecule has 244 valence electrons. The molecule has 3 atom stereocenters. The largest absolute Gasteiger partial charge is 0.391 e. The Kier molecular flexibility index (Phi) is 27.2. The molecule has 0 aromatic carbocycles. The molecule has 0 heterocycles. The highest BCUT2D eigenvalue weighted by Gasteiger charge is 2.28. The summed E-state index contributed by atoms with van der Waals surface area (Å²) in [5, 5.41) is 23.3. The molecule has 8 heteroatoms. The van der Waals surface area contributed by atoms with Gasteiger partial charge in [-0.1, -0.05) is 142 Å². The fourth-order valence-corrected chi connectivity index (χ4v) is 5.92. The van der Waals surface area contributed by atoms with Crippen LogP contribution < -0.4 is 5.32 Å². The van der Waals surface area contributed by atoms with Crippen molar-refractivity contribution in [3.8, 4) is 0 Å². The monoisotopic (exact) mass is 603 g/mol. The second kappa shape index (κ2) is 27.8. The number of carbonyl (C=O) groups is 1. The van der Waals surface area contributed by atoms with Gasteiger partial charge >= 0.3 is 0 Å². The first kappa shape index (κ1) is 40.0. The van der Waals surface area contributed by atoms with E-state index in [0.717, 1.165) is 51.4 Å². The quantitative estimate of drug-likeness (QED) is 0.0374. The number of carbonyl (C=O) groups excluding carboxylic acids is 1. The van der Waals surface area contributed by atoms with E-state index in [2.05, 4.69) is 31.3 Å². The molecule has 0 bridgehead atoms. The maximum Gasteiger partial charge on any atom is 0.266 e. The molecule has 0 saturated carbocycles. The number of unbranched alkanes of at least 4 members (excludes halogenated alkanes) is 19. The zero-order valence-corrected chi connectivity index (χ0v) is 27.4. The van der Waals surface area contributed by atoms with Crippen molar-refractivity contribution in [3.05, 3.63) is 12.2 Å². The Hall–Kier alpha value is -0.960. The van der Waals surface area contributed by atoms with Crippen LogP contribution in [0, 0.1) is 0 Å². The Morgan fingerprint density at radius 3 is 1.51 bits per heavy atom. The predicted octanol–water partition coefficient (Wildman–Crippen LogP) is 8.04. The highest BCUT2D eigenvalue weighted by atomic mass is 32.2. The maximum absolute atomic E-state index is 12.5. The van der Waals surface area contributed by atoms with Crippen molar-refractivity contribution in [3.63, 3.8) is 0 Å². The number of rotatable bonds is 30. The number of amides is 1. The van der Waals surface area contributed by atoms with E-state index in [4.69, 9.17) is 0 Å². The van der Waals surface area contributed by atoms with Gasteiger partial charge in [0, 0.05) is 0 Å². The average molecular weight is 604 g/mol. The third kappa shape index (κ3) is 27.6. The molecule has 0 aromatic heterocycles. The third-order valence-electron chi connectivity index (χ3n) is 7.83. The molecule has 4 N–H and O–H groups in total. The number of allylic oxidation sites excluding steroid dienone is 2. The minimum atomic E-state index is -4.40. The van der Waals surface area contributed by atoms with Crippen molar-refractivity contribution >= 4 is 16.0 Å².